The number of hydrogen-bond acceptors (Lipinski definition) is 3. The second-order valence-electron chi connectivity index (χ2n) is 6.67. The first kappa shape index (κ1) is 15.3. The highest BCUT2D eigenvalue weighted by molar-refractivity contribution is 4.80. The van der Waals surface area contributed by atoms with Crippen LogP contribution in [-0.2, 0) is 0 Å². The van der Waals surface area contributed by atoms with E-state index in [4.69, 9.17) is 0 Å². The summed E-state index contributed by atoms with van der Waals surface area (Å²) in [6.45, 7) is 10.3. The number of rotatable bonds is 5. The molecule has 0 radical (unpaired) electrons. The van der Waals surface area contributed by atoms with Gasteiger partial charge in [-0.15, -0.1) is 0 Å². The molecular formula is C16H32N2O. The van der Waals surface area contributed by atoms with E-state index in [2.05, 4.69) is 23.6 Å². The molecule has 0 unspecified atom stereocenters. The normalized spacial score (nSPS) is 32.4. The number of aliphatic hydroxyl groups excluding tert-OH is 1. The fourth-order valence-corrected chi connectivity index (χ4v) is 3.65. The monoisotopic (exact) mass is 268 g/mol. The molecule has 19 heavy (non-hydrogen) atoms. The van der Waals surface area contributed by atoms with Gasteiger partial charge in [0.25, 0.3) is 0 Å². The number of nitrogens with zero attached hydrogens (tertiary/aromatic N) is 2. The Kier molecular flexibility index (Phi) is 6.11. The van der Waals surface area contributed by atoms with Crippen molar-refractivity contribution < 1.29 is 5.11 Å². The molecular weight excluding hydrogens is 236 g/mol. The maximum absolute atomic E-state index is 9.81. The molecule has 0 bridgehead atoms. The highest BCUT2D eigenvalue weighted by Gasteiger charge is 2.26. The van der Waals surface area contributed by atoms with Crippen LogP contribution in [-0.4, -0.2) is 59.8 Å². The van der Waals surface area contributed by atoms with Crippen LogP contribution in [0.4, 0.5) is 0 Å². The van der Waals surface area contributed by atoms with E-state index in [1.54, 1.807) is 0 Å². The van der Waals surface area contributed by atoms with Crippen LogP contribution >= 0.6 is 0 Å². The molecule has 0 aromatic rings. The van der Waals surface area contributed by atoms with E-state index >= 15 is 0 Å². The summed E-state index contributed by atoms with van der Waals surface area (Å²) in [7, 11) is 0. The van der Waals surface area contributed by atoms with E-state index in [1.807, 2.05) is 0 Å². The van der Waals surface area contributed by atoms with E-state index in [0.29, 0.717) is 0 Å². The largest absolute Gasteiger partial charge is 0.392 e. The van der Waals surface area contributed by atoms with Crippen molar-refractivity contribution in [2.24, 2.45) is 5.92 Å². The molecule has 2 rings (SSSR count). The van der Waals surface area contributed by atoms with Gasteiger partial charge in [0.05, 0.1) is 6.10 Å². The van der Waals surface area contributed by atoms with Crippen molar-refractivity contribution in [1.82, 2.24) is 9.80 Å². The van der Waals surface area contributed by atoms with Gasteiger partial charge in [0.15, 0.2) is 0 Å². The average Bonchev–Trinajstić information content (AvgIpc) is 2.42. The third-order valence-corrected chi connectivity index (χ3v) is 4.98. The SMILES string of the molecule is CC[C@H](O)CN1CCC[C@H](CN2CCCC[C@H]2C)C1. The van der Waals surface area contributed by atoms with Gasteiger partial charge >= 0.3 is 0 Å². The van der Waals surface area contributed by atoms with Gasteiger partial charge in [-0.05, 0) is 58.0 Å². The molecule has 3 heteroatoms. The van der Waals surface area contributed by atoms with Gasteiger partial charge in [0.1, 0.15) is 0 Å². The van der Waals surface area contributed by atoms with Crippen molar-refractivity contribution in [3.8, 4) is 0 Å². The smallest absolute Gasteiger partial charge is 0.0664 e. The minimum Gasteiger partial charge on any atom is -0.392 e. The Balaban J connectivity index is 1.77. The van der Waals surface area contributed by atoms with Crippen molar-refractivity contribution >= 4 is 0 Å². The number of aliphatic hydroxyl groups is 1. The maximum atomic E-state index is 9.81. The third kappa shape index (κ3) is 4.73. The Bertz CT molecular complexity index is 259. The molecule has 2 aliphatic heterocycles. The standard InChI is InChI=1S/C16H32N2O/c1-3-16(19)13-17-9-6-8-15(11-17)12-18-10-5-4-7-14(18)2/h14-16,19H,3-13H2,1-2H3/t14-,15+,16+/m1/s1. The number of likely N-dealkylation sites (tertiary alicyclic amines) is 2. The molecule has 0 aromatic carbocycles. The molecule has 0 spiro atoms. The van der Waals surface area contributed by atoms with Crippen LogP contribution in [0, 0.1) is 5.92 Å². The van der Waals surface area contributed by atoms with Crippen molar-refractivity contribution in [1.29, 1.82) is 0 Å². The second kappa shape index (κ2) is 7.61. The lowest BCUT2D eigenvalue weighted by Gasteiger charge is -2.40. The second-order valence-corrected chi connectivity index (χ2v) is 6.67. The van der Waals surface area contributed by atoms with E-state index in [-0.39, 0.29) is 6.10 Å². The predicted molar refractivity (Wildman–Crippen MR) is 80.3 cm³/mol. The van der Waals surface area contributed by atoms with Gasteiger partial charge in [0, 0.05) is 25.7 Å². The Hall–Kier alpha value is -0.120. The first-order chi connectivity index (χ1) is 9.19. The van der Waals surface area contributed by atoms with Crippen LogP contribution in [0.3, 0.4) is 0 Å². The molecule has 3 nitrogen and oxygen atoms in total. The Morgan fingerprint density at radius 2 is 2.00 bits per heavy atom. The highest BCUT2D eigenvalue weighted by atomic mass is 16.3. The van der Waals surface area contributed by atoms with Gasteiger partial charge in [-0.25, -0.2) is 0 Å². The number of β-amino-alcohol motifs (C(OH)–C–C–N with tert-alkyl or cyclic N) is 1. The molecule has 2 saturated heterocycles. The first-order valence-corrected chi connectivity index (χ1v) is 8.33. The number of hydrogen-bond donors (Lipinski definition) is 1. The minimum atomic E-state index is -0.132. The van der Waals surface area contributed by atoms with E-state index in [9.17, 15) is 5.11 Å². The summed E-state index contributed by atoms with van der Waals surface area (Å²) in [5, 5.41) is 9.81. The quantitative estimate of drug-likeness (QED) is 0.829. The average molecular weight is 268 g/mol. The molecule has 112 valence electrons. The summed E-state index contributed by atoms with van der Waals surface area (Å²) in [5.74, 6) is 0.818. The fraction of sp³-hybridized carbons (Fsp3) is 1.00. The lowest BCUT2D eigenvalue weighted by atomic mass is 9.94. The summed E-state index contributed by atoms with van der Waals surface area (Å²) in [4.78, 5) is 5.19. The fourth-order valence-electron chi connectivity index (χ4n) is 3.65. The third-order valence-electron chi connectivity index (χ3n) is 4.98. The van der Waals surface area contributed by atoms with Crippen LogP contribution in [0.2, 0.25) is 0 Å². The first-order valence-electron chi connectivity index (χ1n) is 8.33. The minimum absolute atomic E-state index is 0.132. The van der Waals surface area contributed by atoms with Crippen molar-refractivity contribution in [2.75, 3.05) is 32.7 Å². The Morgan fingerprint density at radius 1 is 1.16 bits per heavy atom. The zero-order valence-electron chi connectivity index (χ0n) is 12.9. The lowest BCUT2D eigenvalue weighted by Crippen LogP contribution is -2.46. The summed E-state index contributed by atoms with van der Waals surface area (Å²) in [6, 6.07) is 0.783. The molecule has 0 saturated carbocycles. The molecule has 2 fully saturated rings. The molecule has 2 heterocycles. The van der Waals surface area contributed by atoms with Crippen LogP contribution in [0.25, 0.3) is 0 Å². The molecule has 1 N–H and O–H groups in total. The van der Waals surface area contributed by atoms with Crippen molar-refractivity contribution in [2.45, 2.75) is 64.5 Å². The van der Waals surface area contributed by atoms with Gasteiger partial charge < -0.3 is 14.9 Å². The van der Waals surface area contributed by atoms with E-state index in [1.165, 1.54) is 58.3 Å². The molecule has 0 aliphatic carbocycles. The van der Waals surface area contributed by atoms with Gasteiger partial charge in [0.2, 0.25) is 0 Å². The van der Waals surface area contributed by atoms with Gasteiger partial charge in [-0.2, -0.15) is 0 Å². The van der Waals surface area contributed by atoms with Crippen LogP contribution in [0.1, 0.15) is 52.4 Å². The Morgan fingerprint density at radius 3 is 2.74 bits per heavy atom. The predicted octanol–water partition coefficient (Wildman–Crippen LogP) is 2.34. The summed E-state index contributed by atoms with van der Waals surface area (Å²) >= 11 is 0. The Labute approximate surface area is 119 Å². The highest BCUT2D eigenvalue weighted by Crippen LogP contribution is 2.22. The van der Waals surface area contributed by atoms with Crippen LogP contribution in [0.15, 0.2) is 0 Å². The van der Waals surface area contributed by atoms with Crippen molar-refractivity contribution in [3.05, 3.63) is 0 Å². The summed E-state index contributed by atoms with van der Waals surface area (Å²) in [6.07, 6.45) is 7.61. The molecule has 3 atom stereocenters. The van der Waals surface area contributed by atoms with Crippen LogP contribution < -0.4 is 0 Å². The molecule has 0 amide bonds. The zero-order valence-corrected chi connectivity index (χ0v) is 12.9. The summed E-state index contributed by atoms with van der Waals surface area (Å²) in [5.41, 5.74) is 0. The topological polar surface area (TPSA) is 26.7 Å². The van der Waals surface area contributed by atoms with E-state index in [0.717, 1.165) is 24.9 Å². The lowest BCUT2D eigenvalue weighted by molar-refractivity contribution is 0.0603. The van der Waals surface area contributed by atoms with Crippen molar-refractivity contribution in [3.63, 3.8) is 0 Å². The molecule has 0 aromatic heterocycles. The van der Waals surface area contributed by atoms with Crippen LogP contribution in [0.5, 0.6) is 0 Å². The van der Waals surface area contributed by atoms with Gasteiger partial charge in [-0.3, -0.25) is 0 Å². The van der Waals surface area contributed by atoms with E-state index < -0.39 is 0 Å². The number of piperidine rings is 2. The molecule has 2 aliphatic rings. The van der Waals surface area contributed by atoms with Gasteiger partial charge in [-0.1, -0.05) is 13.3 Å². The summed E-state index contributed by atoms with van der Waals surface area (Å²) < 4.78 is 0. The maximum Gasteiger partial charge on any atom is 0.0664 e. The zero-order chi connectivity index (χ0) is 13.7.